The summed E-state index contributed by atoms with van der Waals surface area (Å²) in [6.07, 6.45) is 15.4. The number of fused-ring (bicyclic) bond motifs is 2. The zero-order valence-corrected chi connectivity index (χ0v) is 27.9. The van der Waals surface area contributed by atoms with Crippen LogP contribution in [0.5, 0.6) is 0 Å². The molecular formula is C39H58N2O3. The first-order valence-electron chi connectivity index (χ1n) is 18.0. The number of carbonyl (C=O) groups is 1. The van der Waals surface area contributed by atoms with Gasteiger partial charge in [-0.05, 0) is 107 Å². The van der Waals surface area contributed by atoms with Crippen molar-refractivity contribution in [3.63, 3.8) is 0 Å². The quantitative estimate of drug-likeness (QED) is 0.308. The van der Waals surface area contributed by atoms with Gasteiger partial charge in [0.15, 0.2) is 0 Å². The Kier molecular flexibility index (Phi) is 10.0. The van der Waals surface area contributed by atoms with Crippen molar-refractivity contribution in [1.29, 1.82) is 0 Å². The number of hydrogen-bond donors (Lipinski definition) is 2. The number of aliphatic hydroxyl groups is 1. The number of rotatable bonds is 8. The fourth-order valence-electron chi connectivity index (χ4n) is 9.98. The molecule has 242 valence electrons. The topological polar surface area (TPSA) is 61.8 Å². The number of ether oxygens (including phenoxy) is 1. The molecule has 0 radical (unpaired) electrons. The molecule has 9 unspecified atom stereocenters. The van der Waals surface area contributed by atoms with Crippen LogP contribution in [0.2, 0.25) is 0 Å². The van der Waals surface area contributed by atoms with E-state index in [1.165, 1.54) is 36.8 Å². The largest absolute Gasteiger partial charge is 0.393 e. The number of aryl methyl sites for hydroxylation is 1. The van der Waals surface area contributed by atoms with Gasteiger partial charge >= 0.3 is 0 Å². The van der Waals surface area contributed by atoms with Crippen LogP contribution < -0.4 is 5.32 Å². The van der Waals surface area contributed by atoms with E-state index in [0.717, 1.165) is 64.0 Å². The van der Waals surface area contributed by atoms with Gasteiger partial charge in [0.1, 0.15) is 0 Å². The normalized spacial score (nSPS) is 38.5. The Bertz CT molecular complexity index is 1210. The lowest BCUT2D eigenvalue weighted by atomic mass is 9.75. The second kappa shape index (κ2) is 13.8. The summed E-state index contributed by atoms with van der Waals surface area (Å²) in [5.41, 5.74) is 6.01. The highest BCUT2D eigenvalue weighted by atomic mass is 16.5. The number of carbonyl (C=O) groups excluding carboxylic acids is 1. The van der Waals surface area contributed by atoms with Crippen molar-refractivity contribution in [1.82, 2.24) is 10.2 Å². The van der Waals surface area contributed by atoms with Gasteiger partial charge in [0.05, 0.1) is 17.8 Å². The maximum atomic E-state index is 12.6. The molecule has 2 saturated carbocycles. The number of aliphatic hydroxyl groups excluding tert-OH is 1. The molecule has 44 heavy (non-hydrogen) atoms. The van der Waals surface area contributed by atoms with Crippen LogP contribution in [-0.4, -0.2) is 59.4 Å². The van der Waals surface area contributed by atoms with Gasteiger partial charge in [-0.1, -0.05) is 73.9 Å². The fourth-order valence-corrected chi connectivity index (χ4v) is 9.98. The summed E-state index contributed by atoms with van der Waals surface area (Å²) < 4.78 is 7.25. The first-order chi connectivity index (χ1) is 21.2. The summed E-state index contributed by atoms with van der Waals surface area (Å²) in [4.78, 5) is 15.3. The summed E-state index contributed by atoms with van der Waals surface area (Å²) in [5, 5.41) is 13.5. The van der Waals surface area contributed by atoms with Crippen molar-refractivity contribution in [2.45, 2.75) is 129 Å². The van der Waals surface area contributed by atoms with E-state index in [-0.39, 0.29) is 23.7 Å². The highest BCUT2D eigenvalue weighted by Crippen LogP contribution is 2.55. The molecule has 1 aromatic carbocycles. The second-order valence-corrected chi connectivity index (χ2v) is 15.4. The molecule has 9 atom stereocenters. The standard InChI is InChI=1S/C39H58N2O3/c1-26-22-36-38(41(25-26)21-20-40-37(43)17-11-30-8-6-5-7-9-30)29(4)39(44-36)19-18-35-31(14-16-34(35)28(3)24-39)12-13-32-23-33(42)15-10-27(32)2/h5-9,13,26-27,29,31,33,35-36,38,42H,10-12,14-25H2,1-4H3,(H,40,43). The van der Waals surface area contributed by atoms with Crippen LogP contribution in [0.3, 0.4) is 0 Å². The highest BCUT2D eigenvalue weighted by molar-refractivity contribution is 5.76. The molecule has 1 amide bonds. The smallest absolute Gasteiger partial charge is 0.220 e. The van der Waals surface area contributed by atoms with Crippen LogP contribution in [0.1, 0.15) is 104 Å². The number of hydrogen-bond acceptors (Lipinski definition) is 4. The lowest BCUT2D eigenvalue weighted by molar-refractivity contribution is -0.121. The highest BCUT2D eigenvalue weighted by Gasteiger charge is 2.57. The lowest BCUT2D eigenvalue weighted by Gasteiger charge is -2.41. The Hall–Kier alpha value is -1.95. The average Bonchev–Trinajstić information content (AvgIpc) is 3.49. The number of benzene rings is 1. The maximum Gasteiger partial charge on any atom is 0.220 e. The predicted octanol–water partition coefficient (Wildman–Crippen LogP) is 7.24. The lowest BCUT2D eigenvalue weighted by Crippen LogP contribution is -2.53. The van der Waals surface area contributed by atoms with E-state index in [0.29, 0.717) is 42.7 Å². The summed E-state index contributed by atoms with van der Waals surface area (Å²) in [7, 11) is 0. The molecule has 4 fully saturated rings. The summed E-state index contributed by atoms with van der Waals surface area (Å²) in [6.45, 7) is 12.3. The number of piperidine rings is 1. The van der Waals surface area contributed by atoms with Crippen molar-refractivity contribution in [2.24, 2.45) is 29.6 Å². The zero-order valence-electron chi connectivity index (χ0n) is 27.9. The Morgan fingerprint density at radius 2 is 1.95 bits per heavy atom. The van der Waals surface area contributed by atoms with E-state index in [9.17, 15) is 9.90 Å². The maximum absolute atomic E-state index is 12.6. The summed E-state index contributed by atoms with van der Waals surface area (Å²) >= 11 is 0. The SMILES string of the molecule is CC1=C2CCC(CC=C3CC(O)CCC3C)C2CCC2(C1)OC1CC(C)CN(CCNC(=O)CCc3ccccc3)C1C2C. The molecule has 2 saturated heterocycles. The molecule has 1 spiro atoms. The van der Waals surface area contributed by atoms with Crippen LogP contribution in [0, 0.1) is 29.6 Å². The molecule has 6 rings (SSSR count). The number of amides is 1. The van der Waals surface area contributed by atoms with Gasteiger partial charge in [0.2, 0.25) is 5.91 Å². The molecule has 2 N–H and O–H groups in total. The van der Waals surface area contributed by atoms with Gasteiger partial charge in [0.25, 0.3) is 0 Å². The third kappa shape index (κ3) is 6.90. The van der Waals surface area contributed by atoms with E-state index in [4.69, 9.17) is 4.74 Å². The molecule has 3 aliphatic carbocycles. The summed E-state index contributed by atoms with van der Waals surface area (Å²) in [5.74, 6) is 3.28. The van der Waals surface area contributed by atoms with Gasteiger partial charge in [0, 0.05) is 38.0 Å². The van der Waals surface area contributed by atoms with Crippen LogP contribution in [-0.2, 0) is 16.0 Å². The van der Waals surface area contributed by atoms with Crippen LogP contribution in [0.25, 0.3) is 0 Å². The van der Waals surface area contributed by atoms with Crippen LogP contribution in [0.4, 0.5) is 0 Å². The predicted molar refractivity (Wildman–Crippen MR) is 178 cm³/mol. The molecule has 5 heteroatoms. The molecule has 5 aliphatic rings. The summed E-state index contributed by atoms with van der Waals surface area (Å²) in [6, 6.07) is 10.7. The minimum atomic E-state index is -0.140. The van der Waals surface area contributed by atoms with Crippen molar-refractivity contribution in [2.75, 3.05) is 19.6 Å². The molecule has 1 aromatic rings. The molecular weight excluding hydrogens is 544 g/mol. The van der Waals surface area contributed by atoms with E-state index < -0.39 is 0 Å². The van der Waals surface area contributed by atoms with Crippen LogP contribution >= 0.6 is 0 Å². The van der Waals surface area contributed by atoms with Gasteiger partial charge in [-0.25, -0.2) is 0 Å². The Morgan fingerprint density at radius 3 is 2.77 bits per heavy atom. The van der Waals surface area contributed by atoms with Gasteiger partial charge in [-0.15, -0.1) is 0 Å². The van der Waals surface area contributed by atoms with Crippen molar-refractivity contribution in [3.05, 3.63) is 58.7 Å². The Labute approximate surface area is 266 Å². The average molecular weight is 603 g/mol. The van der Waals surface area contributed by atoms with Gasteiger partial charge < -0.3 is 15.2 Å². The third-order valence-electron chi connectivity index (χ3n) is 12.4. The van der Waals surface area contributed by atoms with Gasteiger partial charge in [-0.3, -0.25) is 9.69 Å². The number of nitrogens with zero attached hydrogens (tertiary/aromatic N) is 1. The van der Waals surface area contributed by atoms with E-state index in [2.05, 4.69) is 56.1 Å². The van der Waals surface area contributed by atoms with Crippen molar-refractivity contribution in [3.8, 4) is 0 Å². The molecule has 5 nitrogen and oxygen atoms in total. The molecule has 2 aliphatic heterocycles. The van der Waals surface area contributed by atoms with Gasteiger partial charge in [-0.2, -0.15) is 0 Å². The molecule has 2 heterocycles. The Balaban J connectivity index is 1.07. The van der Waals surface area contributed by atoms with E-state index >= 15 is 0 Å². The van der Waals surface area contributed by atoms with E-state index in [1.54, 1.807) is 11.1 Å². The molecule has 0 bridgehead atoms. The number of likely N-dealkylation sites (tertiary alicyclic amines) is 1. The van der Waals surface area contributed by atoms with Crippen LogP contribution in [0.15, 0.2) is 53.1 Å². The first-order valence-corrected chi connectivity index (χ1v) is 18.0. The minimum absolute atomic E-state index is 0.0665. The first kappa shape index (κ1) is 32.0. The second-order valence-electron chi connectivity index (χ2n) is 15.4. The minimum Gasteiger partial charge on any atom is -0.393 e. The fraction of sp³-hybridized carbons (Fsp3) is 0.718. The third-order valence-corrected chi connectivity index (χ3v) is 12.4. The number of nitrogens with one attached hydrogen (secondary N) is 1. The Morgan fingerprint density at radius 1 is 1.14 bits per heavy atom. The number of allylic oxidation sites excluding steroid dienone is 2. The monoisotopic (exact) mass is 602 g/mol. The van der Waals surface area contributed by atoms with Crippen molar-refractivity contribution >= 4 is 5.91 Å². The zero-order chi connectivity index (χ0) is 30.8. The van der Waals surface area contributed by atoms with E-state index in [1.807, 2.05) is 18.2 Å². The van der Waals surface area contributed by atoms with Crippen molar-refractivity contribution < 1.29 is 14.6 Å². The molecule has 0 aromatic heterocycles.